The fraction of sp³-hybridized carbons (Fsp3) is 0.773. The van der Waals surface area contributed by atoms with Gasteiger partial charge in [-0.3, -0.25) is 9.69 Å². The largest absolute Gasteiger partial charge is 0.490 e. The first-order chi connectivity index (χ1) is 15.5. The molecule has 0 saturated carbocycles. The average molecular weight is 492 g/mol. The first-order valence-corrected chi connectivity index (χ1v) is 12.2. The van der Waals surface area contributed by atoms with E-state index in [1.807, 2.05) is 11.3 Å². The van der Waals surface area contributed by atoms with E-state index in [0.717, 1.165) is 76.3 Å². The highest BCUT2D eigenvalue weighted by molar-refractivity contribution is 7.11. The highest BCUT2D eigenvalue weighted by Crippen LogP contribution is 2.40. The Hall–Kier alpha value is -1.72. The Kier molecular flexibility index (Phi) is 8.39. The van der Waals surface area contributed by atoms with Crippen LogP contribution in [0.2, 0.25) is 0 Å². The summed E-state index contributed by atoms with van der Waals surface area (Å²) in [5.74, 6) is -2.41. The number of likely N-dealkylation sites (tertiary alicyclic amines) is 2. The third kappa shape index (κ3) is 6.66. The van der Waals surface area contributed by atoms with Crippen LogP contribution in [0.1, 0.15) is 60.5 Å². The molecule has 186 valence electrons. The lowest BCUT2D eigenvalue weighted by molar-refractivity contribution is -0.192. The van der Waals surface area contributed by atoms with Gasteiger partial charge in [0, 0.05) is 43.1 Å². The second-order valence-corrected chi connectivity index (χ2v) is 10.3. The van der Waals surface area contributed by atoms with Crippen LogP contribution < -0.4 is 0 Å². The van der Waals surface area contributed by atoms with Gasteiger partial charge in [-0.1, -0.05) is 0 Å². The summed E-state index contributed by atoms with van der Waals surface area (Å²) in [6.45, 7) is 9.09. The molecule has 1 aromatic rings. The summed E-state index contributed by atoms with van der Waals surface area (Å²) in [6, 6.07) is 0. The molecule has 1 amide bonds. The monoisotopic (exact) mass is 491 g/mol. The van der Waals surface area contributed by atoms with E-state index in [9.17, 15) is 18.0 Å². The normalized spacial score (nSPS) is 26.4. The quantitative estimate of drug-likeness (QED) is 0.688. The fourth-order valence-corrected chi connectivity index (χ4v) is 5.98. The molecule has 2 atom stereocenters. The molecule has 0 radical (unpaired) electrons. The van der Waals surface area contributed by atoms with Crippen molar-refractivity contribution in [2.45, 2.75) is 83.2 Å². The van der Waals surface area contributed by atoms with Crippen molar-refractivity contribution in [1.29, 1.82) is 0 Å². The number of aliphatic carboxylic acids is 1. The number of carbonyl (C=O) groups is 2. The molecular formula is C22H32F3N3O4S. The molecule has 4 rings (SSSR count). The van der Waals surface area contributed by atoms with Crippen molar-refractivity contribution in [3.63, 3.8) is 0 Å². The number of carbonyl (C=O) groups excluding carboxylic acids is 1. The molecule has 33 heavy (non-hydrogen) atoms. The Balaban J connectivity index is 0.000000383. The molecule has 1 aromatic heterocycles. The number of amides is 1. The van der Waals surface area contributed by atoms with Crippen LogP contribution in [0.5, 0.6) is 0 Å². The summed E-state index contributed by atoms with van der Waals surface area (Å²) in [4.78, 5) is 32.3. The molecule has 3 aliphatic heterocycles. The van der Waals surface area contributed by atoms with Crippen LogP contribution in [0.15, 0.2) is 0 Å². The number of rotatable bonds is 4. The van der Waals surface area contributed by atoms with Crippen molar-refractivity contribution in [3.05, 3.63) is 15.6 Å². The van der Waals surface area contributed by atoms with Gasteiger partial charge < -0.3 is 14.7 Å². The number of alkyl halides is 3. The van der Waals surface area contributed by atoms with E-state index in [-0.39, 0.29) is 11.6 Å². The summed E-state index contributed by atoms with van der Waals surface area (Å²) in [6.07, 6.45) is 2.59. The maximum Gasteiger partial charge on any atom is 0.490 e. The minimum absolute atomic E-state index is 0.0798. The number of carboxylic acids is 1. The van der Waals surface area contributed by atoms with Crippen LogP contribution in [0.4, 0.5) is 13.2 Å². The fourth-order valence-electron chi connectivity index (χ4n) is 5.00. The maximum atomic E-state index is 12.6. The molecule has 0 aliphatic carbocycles. The van der Waals surface area contributed by atoms with Gasteiger partial charge in [0.15, 0.2) is 0 Å². The number of aromatic nitrogens is 1. The number of hydrogen-bond acceptors (Lipinski definition) is 6. The van der Waals surface area contributed by atoms with Gasteiger partial charge in [-0.15, -0.1) is 11.3 Å². The van der Waals surface area contributed by atoms with Crippen molar-refractivity contribution < 1.29 is 32.6 Å². The minimum Gasteiger partial charge on any atom is -0.475 e. The van der Waals surface area contributed by atoms with Crippen LogP contribution in [-0.2, 0) is 20.9 Å². The van der Waals surface area contributed by atoms with Gasteiger partial charge in [0.05, 0.1) is 16.8 Å². The van der Waals surface area contributed by atoms with E-state index in [0.29, 0.717) is 5.91 Å². The Bertz CT molecular complexity index is 841. The van der Waals surface area contributed by atoms with Crippen LogP contribution in [0.25, 0.3) is 0 Å². The molecular weight excluding hydrogens is 459 g/mol. The zero-order valence-electron chi connectivity index (χ0n) is 19.1. The molecule has 1 spiro atoms. The van der Waals surface area contributed by atoms with Gasteiger partial charge >= 0.3 is 12.1 Å². The number of aryl methyl sites for hydroxylation is 2. The Labute approximate surface area is 195 Å². The van der Waals surface area contributed by atoms with E-state index < -0.39 is 12.1 Å². The highest BCUT2D eigenvalue weighted by Gasteiger charge is 2.46. The van der Waals surface area contributed by atoms with Gasteiger partial charge in [-0.05, 0) is 58.9 Å². The Morgan fingerprint density at radius 3 is 2.55 bits per heavy atom. The van der Waals surface area contributed by atoms with Crippen LogP contribution >= 0.6 is 11.3 Å². The Morgan fingerprint density at radius 2 is 1.97 bits per heavy atom. The molecule has 0 bridgehead atoms. The maximum absolute atomic E-state index is 12.6. The van der Waals surface area contributed by atoms with Gasteiger partial charge in [-0.2, -0.15) is 13.2 Å². The summed E-state index contributed by atoms with van der Waals surface area (Å²) in [5, 5.41) is 8.29. The van der Waals surface area contributed by atoms with Crippen molar-refractivity contribution in [3.8, 4) is 0 Å². The van der Waals surface area contributed by atoms with Crippen molar-refractivity contribution in [2.75, 3.05) is 26.2 Å². The van der Waals surface area contributed by atoms with Gasteiger partial charge in [-0.25, -0.2) is 9.78 Å². The molecule has 0 aromatic carbocycles. The van der Waals surface area contributed by atoms with Crippen molar-refractivity contribution >= 4 is 23.2 Å². The summed E-state index contributed by atoms with van der Waals surface area (Å²) < 4.78 is 37.6. The molecule has 7 nitrogen and oxygen atoms in total. The third-order valence-corrected chi connectivity index (χ3v) is 7.76. The minimum atomic E-state index is -5.08. The first kappa shape index (κ1) is 25.9. The Morgan fingerprint density at radius 1 is 1.24 bits per heavy atom. The zero-order chi connectivity index (χ0) is 24.2. The lowest BCUT2D eigenvalue weighted by Crippen LogP contribution is -2.49. The lowest BCUT2D eigenvalue weighted by atomic mass is 9.87. The van der Waals surface area contributed by atoms with E-state index >= 15 is 0 Å². The SMILES string of the molecule is Cc1nc(C)c(CN2CCCC3(CCC(=O)N3CC3CCCO3)CC2)s1.O=C(O)C(F)(F)F. The molecule has 1 N–H and O–H groups in total. The second-order valence-electron chi connectivity index (χ2n) is 9.04. The van der Waals surface area contributed by atoms with Crippen LogP contribution in [0, 0.1) is 13.8 Å². The summed E-state index contributed by atoms with van der Waals surface area (Å²) >= 11 is 1.83. The molecule has 3 aliphatic rings. The second kappa shape index (κ2) is 10.7. The van der Waals surface area contributed by atoms with Gasteiger partial charge in [0.2, 0.25) is 5.91 Å². The van der Waals surface area contributed by atoms with Crippen LogP contribution in [-0.4, -0.2) is 75.8 Å². The average Bonchev–Trinajstić information content (AvgIpc) is 3.38. The standard InChI is InChI=1S/C20H31N3O2S.C2HF3O2/c1-15-18(26-16(2)21-15)14-22-10-4-7-20(9-11-22)8-6-19(24)23(20)13-17-5-3-12-25-17;3-2(4,5)1(6)7/h17H,3-14H2,1-2H3;(H,6,7). The molecule has 11 heteroatoms. The third-order valence-electron chi connectivity index (χ3n) is 6.71. The van der Waals surface area contributed by atoms with Crippen LogP contribution in [0.3, 0.4) is 0 Å². The molecule has 2 unspecified atom stereocenters. The van der Waals surface area contributed by atoms with E-state index in [2.05, 4.69) is 28.6 Å². The van der Waals surface area contributed by atoms with Crippen molar-refractivity contribution in [2.24, 2.45) is 0 Å². The zero-order valence-corrected chi connectivity index (χ0v) is 19.9. The number of nitrogens with zero attached hydrogens (tertiary/aromatic N) is 3. The smallest absolute Gasteiger partial charge is 0.475 e. The van der Waals surface area contributed by atoms with Gasteiger partial charge in [0.25, 0.3) is 0 Å². The first-order valence-electron chi connectivity index (χ1n) is 11.4. The van der Waals surface area contributed by atoms with E-state index in [4.69, 9.17) is 14.6 Å². The lowest BCUT2D eigenvalue weighted by Gasteiger charge is -2.39. The van der Waals surface area contributed by atoms with Gasteiger partial charge in [0.1, 0.15) is 0 Å². The van der Waals surface area contributed by atoms with E-state index in [1.165, 1.54) is 17.0 Å². The number of carboxylic acid groups (broad SMARTS) is 1. The highest BCUT2D eigenvalue weighted by atomic mass is 32.1. The number of thiazole rings is 1. The molecule has 4 heterocycles. The number of ether oxygens (including phenoxy) is 1. The summed E-state index contributed by atoms with van der Waals surface area (Å²) in [5.41, 5.74) is 1.26. The number of halogens is 3. The predicted octanol–water partition coefficient (Wildman–Crippen LogP) is 3.92. The number of hydrogen-bond donors (Lipinski definition) is 1. The predicted molar refractivity (Wildman–Crippen MR) is 117 cm³/mol. The molecule has 3 saturated heterocycles. The summed E-state index contributed by atoms with van der Waals surface area (Å²) in [7, 11) is 0. The molecule has 3 fully saturated rings. The topological polar surface area (TPSA) is 83.0 Å². The van der Waals surface area contributed by atoms with Crippen molar-refractivity contribution in [1.82, 2.24) is 14.8 Å². The van der Waals surface area contributed by atoms with E-state index in [1.54, 1.807) is 0 Å².